The number of carbonyl (C=O) groups excluding carboxylic acids is 1. The zero-order valence-corrected chi connectivity index (χ0v) is 9.35. The lowest BCUT2D eigenvalue weighted by Crippen LogP contribution is -2.03. The number of hydrogen-bond acceptors (Lipinski definition) is 1. The highest BCUT2D eigenvalue weighted by atomic mass is 16.1. The minimum atomic E-state index is 0.416. The number of unbranched alkanes of at least 4 members (excludes halogenated alkanes) is 4. The van der Waals surface area contributed by atoms with Gasteiger partial charge in [0.05, 0.1) is 0 Å². The lowest BCUT2D eigenvalue weighted by molar-refractivity contribution is -0.118. The summed E-state index contributed by atoms with van der Waals surface area (Å²) in [5.41, 5.74) is 1.53. The first-order chi connectivity index (χ1) is 6.83. The van der Waals surface area contributed by atoms with E-state index in [1.807, 2.05) is 0 Å². The Balaban J connectivity index is 2.04. The van der Waals surface area contributed by atoms with Gasteiger partial charge in [-0.25, -0.2) is 0 Å². The van der Waals surface area contributed by atoms with Crippen LogP contribution in [0.25, 0.3) is 0 Å². The molecule has 1 aliphatic carbocycles. The van der Waals surface area contributed by atoms with Crippen molar-refractivity contribution in [3.63, 3.8) is 0 Å². The molecule has 0 heterocycles. The number of rotatable bonds is 6. The molecule has 1 rings (SSSR count). The Morgan fingerprint density at radius 1 is 1.14 bits per heavy atom. The van der Waals surface area contributed by atoms with E-state index < -0.39 is 0 Å². The van der Waals surface area contributed by atoms with Gasteiger partial charge in [0.25, 0.3) is 0 Å². The number of Topliss-reactive ketones (excluding diaryl/α,β-unsaturated/α-hetero) is 1. The minimum Gasteiger partial charge on any atom is -0.299 e. The molecule has 0 fully saturated rings. The fourth-order valence-corrected chi connectivity index (χ4v) is 1.94. The molecule has 0 spiro atoms. The quantitative estimate of drug-likeness (QED) is 0.461. The van der Waals surface area contributed by atoms with E-state index in [9.17, 15) is 4.79 Å². The highest BCUT2D eigenvalue weighted by molar-refractivity contribution is 5.81. The molecule has 1 aliphatic rings. The first-order valence-corrected chi connectivity index (χ1v) is 6.02. The zero-order valence-electron chi connectivity index (χ0n) is 9.35. The number of allylic oxidation sites excluding steroid dienone is 2. The lowest BCUT2D eigenvalue weighted by Gasteiger charge is -2.11. The van der Waals surface area contributed by atoms with Crippen LogP contribution < -0.4 is 0 Å². The minimum absolute atomic E-state index is 0.416. The summed E-state index contributed by atoms with van der Waals surface area (Å²) in [5.74, 6) is 0.416. The fourth-order valence-electron chi connectivity index (χ4n) is 1.94. The van der Waals surface area contributed by atoms with Crippen molar-refractivity contribution in [3.8, 4) is 0 Å². The van der Waals surface area contributed by atoms with Crippen molar-refractivity contribution in [2.45, 2.75) is 64.7 Å². The Hall–Kier alpha value is -0.590. The molecule has 0 radical (unpaired) electrons. The summed E-state index contributed by atoms with van der Waals surface area (Å²) in [6.45, 7) is 2.25. The van der Waals surface area contributed by atoms with Gasteiger partial charge in [-0.2, -0.15) is 0 Å². The molecule has 0 amide bonds. The SMILES string of the molecule is CCCCCCCC1=CCC(=O)CC1. The van der Waals surface area contributed by atoms with Crippen molar-refractivity contribution in [2.75, 3.05) is 0 Å². The molecule has 1 nitrogen and oxygen atoms in total. The van der Waals surface area contributed by atoms with Crippen LogP contribution in [-0.4, -0.2) is 5.78 Å². The average Bonchev–Trinajstić information content (AvgIpc) is 2.21. The van der Waals surface area contributed by atoms with Crippen LogP contribution in [0.3, 0.4) is 0 Å². The van der Waals surface area contributed by atoms with Crippen molar-refractivity contribution in [1.82, 2.24) is 0 Å². The van der Waals surface area contributed by atoms with Crippen molar-refractivity contribution in [2.24, 2.45) is 0 Å². The van der Waals surface area contributed by atoms with E-state index in [2.05, 4.69) is 13.0 Å². The molecule has 14 heavy (non-hydrogen) atoms. The van der Waals surface area contributed by atoms with E-state index in [1.54, 1.807) is 0 Å². The summed E-state index contributed by atoms with van der Waals surface area (Å²) < 4.78 is 0. The molecule has 0 atom stereocenters. The smallest absolute Gasteiger partial charge is 0.136 e. The zero-order chi connectivity index (χ0) is 10.2. The van der Waals surface area contributed by atoms with Gasteiger partial charge in [0.15, 0.2) is 0 Å². The van der Waals surface area contributed by atoms with E-state index in [4.69, 9.17) is 0 Å². The third-order valence-electron chi connectivity index (χ3n) is 2.94. The first kappa shape index (κ1) is 11.5. The van der Waals surface area contributed by atoms with Crippen LogP contribution in [0.15, 0.2) is 11.6 Å². The molecule has 0 aromatic rings. The van der Waals surface area contributed by atoms with Crippen molar-refractivity contribution in [1.29, 1.82) is 0 Å². The van der Waals surface area contributed by atoms with Crippen LogP contribution in [0.4, 0.5) is 0 Å². The maximum atomic E-state index is 11.0. The van der Waals surface area contributed by atoms with Gasteiger partial charge in [-0.3, -0.25) is 4.79 Å². The molecule has 0 N–H and O–H groups in total. The standard InChI is InChI=1S/C13H22O/c1-2-3-4-5-6-7-12-8-10-13(14)11-9-12/h8H,2-7,9-11H2,1H3. The van der Waals surface area contributed by atoms with Gasteiger partial charge < -0.3 is 0 Å². The molecule has 0 unspecified atom stereocenters. The van der Waals surface area contributed by atoms with Crippen LogP contribution >= 0.6 is 0 Å². The Morgan fingerprint density at radius 3 is 2.57 bits per heavy atom. The van der Waals surface area contributed by atoms with Gasteiger partial charge in [0, 0.05) is 12.8 Å². The summed E-state index contributed by atoms with van der Waals surface area (Å²) in [5, 5.41) is 0. The van der Waals surface area contributed by atoms with Crippen LogP contribution in [0.5, 0.6) is 0 Å². The molecule has 0 saturated carbocycles. The lowest BCUT2D eigenvalue weighted by atomic mass is 9.94. The summed E-state index contributed by atoms with van der Waals surface area (Å²) in [7, 11) is 0. The van der Waals surface area contributed by atoms with Crippen molar-refractivity contribution < 1.29 is 4.79 Å². The Labute approximate surface area is 87.6 Å². The maximum Gasteiger partial charge on any atom is 0.136 e. The van der Waals surface area contributed by atoms with Crippen LogP contribution in [-0.2, 0) is 4.79 Å². The normalized spacial score (nSPS) is 16.9. The largest absolute Gasteiger partial charge is 0.299 e. The Morgan fingerprint density at radius 2 is 1.93 bits per heavy atom. The number of carbonyl (C=O) groups is 1. The van der Waals surface area contributed by atoms with Crippen LogP contribution in [0.1, 0.15) is 64.7 Å². The predicted octanol–water partition coefficient (Wildman–Crippen LogP) is 4.03. The molecular formula is C13H22O. The first-order valence-electron chi connectivity index (χ1n) is 6.02. The second-order valence-corrected chi connectivity index (χ2v) is 4.27. The summed E-state index contributed by atoms with van der Waals surface area (Å²) in [6.07, 6.45) is 12.7. The van der Waals surface area contributed by atoms with Crippen LogP contribution in [0.2, 0.25) is 0 Å². The van der Waals surface area contributed by atoms with Gasteiger partial charge in [-0.05, 0) is 19.3 Å². The molecule has 80 valence electrons. The van der Waals surface area contributed by atoms with E-state index in [0.717, 1.165) is 12.8 Å². The predicted molar refractivity (Wildman–Crippen MR) is 60.3 cm³/mol. The number of ketones is 1. The molecule has 0 aromatic carbocycles. The topological polar surface area (TPSA) is 17.1 Å². The Bertz CT molecular complexity index is 203. The van der Waals surface area contributed by atoms with Crippen molar-refractivity contribution in [3.05, 3.63) is 11.6 Å². The molecule has 0 bridgehead atoms. The van der Waals surface area contributed by atoms with E-state index >= 15 is 0 Å². The molecule has 0 saturated heterocycles. The van der Waals surface area contributed by atoms with Gasteiger partial charge >= 0.3 is 0 Å². The number of hydrogen-bond donors (Lipinski definition) is 0. The van der Waals surface area contributed by atoms with E-state index in [-0.39, 0.29) is 0 Å². The summed E-state index contributed by atoms with van der Waals surface area (Å²) in [4.78, 5) is 11.0. The molecule has 0 aromatic heterocycles. The molecule has 1 heteroatoms. The van der Waals surface area contributed by atoms with Crippen LogP contribution in [0, 0.1) is 0 Å². The average molecular weight is 194 g/mol. The van der Waals surface area contributed by atoms with Crippen molar-refractivity contribution >= 4 is 5.78 Å². The highest BCUT2D eigenvalue weighted by Crippen LogP contribution is 2.20. The second-order valence-electron chi connectivity index (χ2n) is 4.27. The Kier molecular flexibility index (Phi) is 5.58. The third kappa shape index (κ3) is 4.59. The van der Waals surface area contributed by atoms with Gasteiger partial charge in [-0.15, -0.1) is 0 Å². The highest BCUT2D eigenvalue weighted by Gasteiger charge is 2.09. The maximum absolute atomic E-state index is 11.0. The molecule has 0 aliphatic heterocycles. The molecular weight excluding hydrogens is 172 g/mol. The second kappa shape index (κ2) is 6.80. The van der Waals surface area contributed by atoms with Gasteiger partial charge in [0.2, 0.25) is 0 Å². The monoisotopic (exact) mass is 194 g/mol. The van der Waals surface area contributed by atoms with Gasteiger partial charge in [-0.1, -0.05) is 44.3 Å². The third-order valence-corrected chi connectivity index (χ3v) is 2.94. The fraction of sp³-hybridized carbons (Fsp3) is 0.769. The summed E-state index contributed by atoms with van der Waals surface area (Å²) in [6, 6.07) is 0. The summed E-state index contributed by atoms with van der Waals surface area (Å²) >= 11 is 0. The van der Waals surface area contributed by atoms with E-state index in [0.29, 0.717) is 12.2 Å². The van der Waals surface area contributed by atoms with E-state index in [1.165, 1.54) is 44.1 Å². The van der Waals surface area contributed by atoms with Gasteiger partial charge in [0.1, 0.15) is 5.78 Å².